The fourth-order valence-corrected chi connectivity index (χ4v) is 1.79. The van der Waals surface area contributed by atoms with Crippen molar-refractivity contribution in [1.29, 1.82) is 0 Å². The predicted octanol–water partition coefficient (Wildman–Crippen LogP) is 2.71. The molecule has 4 heteroatoms. The Morgan fingerprint density at radius 1 is 1.32 bits per heavy atom. The van der Waals surface area contributed by atoms with Crippen LogP contribution in [0.5, 0.6) is 5.75 Å². The molecule has 98 valence electrons. The van der Waals surface area contributed by atoms with Gasteiger partial charge in [-0.15, -0.1) is 0 Å². The SMILES string of the molecule is Cc1cc(OCCc2ccccn2)ccc1C(=O)O. The second kappa shape index (κ2) is 6.00. The second-order valence-corrected chi connectivity index (χ2v) is 4.20. The first-order chi connectivity index (χ1) is 9.16. The van der Waals surface area contributed by atoms with E-state index in [0.717, 1.165) is 12.1 Å². The molecule has 2 aromatic rings. The number of hydrogen-bond acceptors (Lipinski definition) is 3. The average Bonchev–Trinajstić information content (AvgIpc) is 2.39. The van der Waals surface area contributed by atoms with Gasteiger partial charge in [0.05, 0.1) is 12.2 Å². The highest BCUT2D eigenvalue weighted by Gasteiger charge is 2.07. The molecule has 19 heavy (non-hydrogen) atoms. The summed E-state index contributed by atoms with van der Waals surface area (Å²) in [4.78, 5) is 15.1. The topological polar surface area (TPSA) is 59.4 Å². The lowest BCUT2D eigenvalue weighted by molar-refractivity contribution is 0.0696. The summed E-state index contributed by atoms with van der Waals surface area (Å²) in [5, 5.41) is 8.93. The molecule has 0 radical (unpaired) electrons. The van der Waals surface area contributed by atoms with E-state index in [4.69, 9.17) is 9.84 Å². The maximum Gasteiger partial charge on any atom is 0.335 e. The molecule has 0 aliphatic carbocycles. The van der Waals surface area contributed by atoms with Crippen LogP contribution in [0.3, 0.4) is 0 Å². The molecule has 0 bridgehead atoms. The highest BCUT2D eigenvalue weighted by atomic mass is 16.5. The number of aromatic carboxylic acids is 1. The van der Waals surface area contributed by atoms with Crippen molar-refractivity contribution < 1.29 is 14.6 Å². The third-order valence-corrected chi connectivity index (χ3v) is 2.78. The van der Waals surface area contributed by atoms with Gasteiger partial charge in [-0.05, 0) is 42.8 Å². The number of ether oxygens (including phenoxy) is 1. The van der Waals surface area contributed by atoms with Crippen LogP contribution in [0.1, 0.15) is 21.6 Å². The highest BCUT2D eigenvalue weighted by Crippen LogP contribution is 2.17. The van der Waals surface area contributed by atoms with Gasteiger partial charge in [-0.1, -0.05) is 6.07 Å². The van der Waals surface area contributed by atoms with Gasteiger partial charge < -0.3 is 9.84 Å². The van der Waals surface area contributed by atoms with Crippen LogP contribution in [0.15, 0.2) is 42.6 Å². The van der Waals surface area contributed by atoms with Crippen molar-refractivity contribution >= 4 is 5.97 Å². The second-order valence-electron chi connectivity index (χ2n) is 4.20. The predicted molar refractivity (Wildman–Crippen MR) is 71.6 cm³/mol. The first-order valence-corrected chi connectivity index (χ1v) is 6.03. The molecular formula is C15H15NO3. The monoisotopic (exact) mass is 257 g/mol. The van der Waals surface area contributed by atoms with Crippen molar-refractivity contribution in [2.24, 2.45) is 0 Å². The highest BCUT2D eigenvalue weighted by molar-refractivity contribution is 5.89. The number of aryl methyl sites for hydroxylation is 1. The molecule has 0 saturated carbocycles. The van der Waals surface area contributed by atoms with Gasteiger partial charge in [0.2, 0.25) is 0 Å². The van der Waals surface area contributed by atoms with Crippen LogP contribution in [0.25, 0.3) is 0 Å². The van der Waals surface area contributed by atoms with E-state index in [1.54, 1.807) is 31.3 Å². The molecule has 1 aromatic heterocycles. The van der Waals surface area contributed by atoms with Crippen LogP contribution in [0, 0.1) is 6.92 Å². The molecule has 1 N–H and O–H groups in total. The third kappa shape index (κ3) is 3.55. The Bertz CT molecular complexity index is 567. The van der Waals surface area contributed by atoms with Gasteiger partial charge in [0.25, 0.3) is 0 Å². The lowest BCUT2D eigenvalue weighted by atomic mass is 10.1. The summed E-state index contributed by atoms with van der Waals surface area (Å²) in [5.74, 6) is -0.240. The zero-order valence-corrected chi connectivity index (χ0v) is 10.7. The van der Waals surface area contributed by atoms with E-state index in [9.17, 15) is 4.79 Å². The normalized spacial score (nSPS) is 10.2. The maximum absolute atomic E-state index is 10.9. The Hall–Kier alpha value is -2.36. The molecule has 0 spiro atoms. The smallest absolute Gasteiger partial charge is 0.335 e. The Kier molecular flexibility index (Phi) is 4.13. The van der Waals surface area contributed by atoms with E-state index >= 15 is 0 Å². The minimum absolute atomic E-state index is 0.303. The largest absolute Gasteiger partial charge is 0.493 e. The van der Waals surface area contributed by atoms with E-state index in [1.165, 1.54) is 0 Å². The molecular weight excluding hydrogens is 242 g/mol. The van der Waals surface area contributed by atoms with Crippen molar-refractivity contribution in [2.45, 2.75) is 13.3 Å². The van der Waals surface area contributed by atoms with E-state index in [1.807, 2.05) is 18.2 Å². The number of hydrogen-bond donors (Lipinski definition) is 1. The molecule has 0 atom stereocenters. The van der Waals surface area contributed by atoms with Crippen molar-refractivity contribution in [2.75, 3.05) is 6.61 Å². The van der Waals surface area contributed by atoms with Crippen LogP contribution in [0.2, 0.25) is 0 Å². The summed E-state index contributed by atoms with van der Waals surface area (Å²) in [6.07, 6.45) is 2.47. The summed E-state index contributed by atoms with van der Waals surface area (Å²) in [6.45, 7) is 2.28. The Morgan fingerprint density at radius 3 is 2.79 bits per heavy atom. The number of carbonyl (C=O) groups is 1. The molecule has 0 amide bonds. The number of carboxylic acids is 1. The Morgan fingerprint density at radius 2 is 2.16 bits per heavy atom. The third-order valence-electron chi connectivity index (χ3n) is 2.78. The number of pyridine rings is 1. The average molecular weight is 257 g/mol. The minimum atomic E-state index is -0.919. The summed E-state index contributed by atoms with van der Waals surface area (Å²) in [7, 11) is 0. The number of benzene rings is 1. The molecule has 2 rings (SSSR count). The number of aromatic nitrogens is 1. The zero-order chi connectivity index (χ0) is 13.7. The Balaban J connectivity index is 1.93. The zero-order valence-electron chi connectivity index (χ0n) is 10.7. The lowest BCUT2D eigenvalue weighted by Crippen LogP contribution is -2.04. The van der Waals surface area contributed by atoms with Crippen LogP contribution in [-0.4, -0.2) is 22.7 Å². The van der Waals surface area contributed by atoms with Crippen LogP contribution in [-0.2, 0) is 6.42 Å². The van der Waals surface area contributed by atoms with E-state index in [-0.39, 0.29) is 0 Å². The van der Waals surface area contributed by atoms with E-state index < -0.39 is 5.97 Å². The van der Waals surface area contributed by atoms with Crippen molar-refractivity contribution in [3.05, 3.63) is 59.4 Å². The van der Waals surface area contributed by atoms with Gasteiger partial charge in [-0.25, -0.2) is 4.79 Å². The number of nitrogens with zero attached hydrogens (tertiary/aromatic N) is 1. The molecule has 0 fully saturated rings. The van der Waals surface area contributed by atoms with Gasteiger partial charge in [-0.2, -0.15) is 0 Å². The quantitative estimate of drug-likeness (QED) is 0.894. The Labute approximate surface area is 111 Å². The van der Waals surface area contributed by atoms with Crippen LogP contribution in [0.4, 0.5) is 0 Å². The first-order valence-electron chi connectivity index (χ1n) is 6.03. The standard InChI is InChI=1S/C15H15NO3/c1-11-10-13(5-6-14(11)15(17)18)19-9-7-12-4-2-3-8-16-12/h2-6,8,10H,7,9H2,1H3,(H,17,18). The van der Waals surface area contributed by atoms with Crippen LogP contribution >= 0.6 is 0 Å². The van der Waals surface area contributed by atoms with Crippen LogP contribution < -0.4 is 4.74 Å². The maximum atomic E-state index is 10.9. The van der Waals surface area contributed by atoms with Gasteiger partial charge in [0, 0.05) is 18.3 Å². The van der Waals surface area contributed by atoms with Gasteiger partial charge in [-0.3, -0.25) is 4.98 Å². The summed E-state index contributed by atoms with van der Waals surface area (Å²) in [5.41, 5.74) is 1.97. The molecule has 0 saturated heterocycles. The minimum Gasteiger partial charge on any atom is -0.493 e. The fourth-order valence-electron chi connectivity index (χ4n) is 1.79. The number of carboxylic acid groups (broad SMARTS) is 1. The summed E-state index contributed by atoms with van der Waals surface area (Å²) < 4.78 is 5.59. The molecule has 0 aliphatic rings. The molecule has 4 nitrogen and oxygen atoms in total. The van der Waals surface area contributed by atoms with Gasteiger partial charge in [0.15, 0.2) is 0 Å². The summed E-state index contributed by atoms with van der Waals surface area (Å²) in [6, 6.07) is 10.7. The lowest BCUT2D eigenvalue weighted by Gasteiger charge is -2.08. The first kappa shape index (κ1) is 13.1. The van der Waals surface area contributed by atoms with E-state index in [0.29, 0.717) is 23.5 Å². The summed E-state index contributed by atoms with van der Waals surface area (Å²) >= 11 is 0. The van der Waals surface area contributed by atoms with Gasteiger partial charge in [0.1, 0.15) is 5.75 Å². The van der Waals surface area contributed by atoms with E-state index in [2.05, 4.69) is 4.98 Å². The molecule has 0 unspecified atom stereocenters. The fraction of sp³-hybridized carbons (Fsp3) is 0.200. The van der Waals surface area contributed by atoms with Crippen molar-refractivity contribution in [3.8, 4) is 5.75 Å². The van der Waals surface area contributed by atoms with Crippen molar-refractivity contribution in [1.82, 2.24) is 4.98 Å². The van der Waals surface area contributed by atoms with Crippen molar-refractivity contribution in [3.63, 3.8) is 0 Å². The molecule has 1 heterocycles. The van der Waals surface area contributed by atoms with Gasteiger partial charge >= 0.3 is 5.97 Å². The molecule has 1 aromatic carbocycles. The number of rotatable bonds is 5. The molecule has 0 aliphatic heterocycles.